The molecule has 0 spiro atoms. The van der Waals surface area contributed by atoms with Gasteiger partial charge in [-0.15, -0.1) is 16.8 Å². The second-order valence-corrected chi connectivity index (χ2v) is 7.63. The fourth-order valence-corrected chi connectivity index (χ4v) is 3.80. The number of benzene rings is 2. The SMILES string of the molecule is C=CCN(C)Cc1nnc2n1-c1ccc(C(F)(F)F)cc1C(c1ccccc1Cl)=NC2. The number of fused-ring (bicyclic) bond motifs is 3. The molecule has 4 rings (SSSR count). The first-order valence-corrected chi connectivity index (χ1v) is 9.91. The third kappa shape index (κ3) is 4.13. The molecule has 0 saturated carbocycles. The third-order valence-corrected chi connectivity index (χ3v) is 5.31. The van der Waals surface area contributed by atoms with Crippen LogP contribution in [0, 0.1) is 0 Å². The molecule has 1 aromatic heterocycles. The van der Waals surface area contributed by atoms with Gasteiger partial charge in [-0.1, -0.05) is 35.9 Å². The molecule has 0 saturated heterocycles. The highest BCUT2D eigenvalue weighted by molar-refractivity contribution is 6.35. The van der Waals surface area contributed by atoms with E-state index in [-0.39, 0.29) is 6.54 Å². The van der Waals surface area contributed by atoms with Crippen molar-refractivity contribution in [3.05, 3.63) is 88.5 Å². The lowest BCUT2D eigenvalue weighted by Gasteiger charge is -2.18. The summed E-state index contributed by atoms with van der Waals surface area (Å²) < 4.78 is 42.4. The molecule has 1 aliphatic rings. The monoisotopic (exact) mass is 445 g/mol. The molecule has 160 valence electrons. The molecule has 9 heteroatoms. The van der Waals surface area contributed by atoms with Gasteiger partial charge in [-0.3, -0.25) is 14.5 Å². The largest absolute Gasteiger partial charge is 0.416 e. The summed E-state index contributed by atoms with van der Waals surface area (Å²) in [5.74, 6) is 1.15. The van der Waals surface area contributed by atoms with E-state index in [1.165, 1.54) is 6.07 Å². The smallest absolute Gasteiger partial charge is 0.295 e. The van der Waals surface area contributed by atoms with Crippen molar-refractivity contribution in [2.45, 2.75) is 19.3 Å². The fourth-order valence-electron chi connectivity index (χ4n) is 3.58. The highest BCUT2D eigenvalue weighted by atomic mass is 35.5. The van der Waals surface area contributed by atoms with Crippen molar-refractivity contribution in [1.29, 1.82) is 0 Å². The number of likely N-dealkylation sites (N-methyl/N-ethyl adjacent to an activating group) is 1. The summed E-state index contributed by atoms with van der Waals surface area (Å²) in [6.45, 7) is 4.97. The van der Waals surface area contributed by atoms with Crippen LogP contribution in [0.2, 0.25) is 5.02 Å². The summed E-state index contributed by atoms with van der Waals surface area (Å²) in [7, 11) is 1.90. The minimum atomic E-state index is -4.49. The normalized spacial score (nSPS) is 13.4. The third-order valence-electron chi connectivity index (χ3n) is 4.98. The van der Waals surface area contributed by atoms with Crippen LogP contribution in [0.25, 0.3) is 5.69 Å². The second-order valence-electron chi connectivity index (χ2n) is 7.23. The Balaban J connectivity index is 1.92. The predicted octanol–water partition coefficient (Wildman–Crippen LogP) is 4.91. The Morgan fingerprint density at radius 1 is 1.16 bits per heavy atom. The zero-order chi connectivity index (χ0) is 22.2. The number of aliphatic imine (C=N–C) groups is 1. The molecule has 0 unspecified atom stereocenters. The maximum Gasteiger partial charge on any atom is 0.416 e. The maximum absolute atomic E-state index is 13.5. The van der Waals surface area contributed by atoms with E-state index in [1.54, 1.807) is 34.9 Å². The van der Waals surface area contributed by atoms with Crippen molar-refractivity contribution in [2.75, 3.05) is 13.6 Å². The summed E-state index contributed by atoms with van der Waals surface area (Å²) in [6.07, 6.45) is -2.72. The van der Waals surface area contributed by atoms with E-state index >= 15 is 0 Å². The maximum atomic E-state index is 13.5. The van der Waals surface area contributed by atoms with Gasteiger partial charge in [-0.25, -0.2) is 0 Å². The van der Waals surface area contributed by atoms with Gasteiger partial charge in [-0.05, 0) is 31.3 Å². The van der Waals surface area contributed by atoms with Crippen molar-refractivity contribution in [1.82, 2.24) is 19.7 Å². The molecule has 0 aliphatic carbocycles. The molecule has 2 aromatic carbocycles. The Morgan fingerprint density at radius 2 is 1.94 bits per heavy atom. The van der Waals surface area contributed by atoms with Crippen LogP contribution in [0.4, 0.5) is 13.2 Å². The van der Waals surface area contributed by atoms with Crippen LogP contribution >= 0.6 is 11.6 Å². The second kappa shape index (κ2) is 8.28. The Labute approximate surface area is 182 Å². The molecule has 0 atom stereocenters. The lowest BCUT2D eigenvalue weighted by molar-refractivity contribution is -0.137. The quantitative estimate of drug-likeness (QED) is 0.524. The van der Waals surface area contributed by atoms with Gasteiger partial charge in [0.2, 0.25) is 0 Å². The topological polar surface area (TPSA) is 46.3 Å². The molecule has 0 bridgehead atoms. The standard InChI is InChI=1S/C22H19ClF3N5/c1-3-10-30(2)13-20-29-28-19-12-27-21(15-6-4-5-7-17(15)23)16-11-14(22(24,25)26)8-9-18(16)31(19)20/h3-9,11H,1,10,12-13H2,2H3. The Morgan fingerprint density at radius 3 is 2.65 bits per heavy atom. The summed E-state index contributed by atoms with van der Waals surface area (Å²) in [5, 5.41) is 8.93. The fraction of sp³-hybridized carbons (Fsp3) is 0.227. The first-order valence-electron chi connectivity index (χ1n) is 9.53. The van der Waals surface area contributed by atoms with Gasteiger partial charge in [0.05, 0.1) is 23.5 Å². The number of hydrogen-bond donors (Lipinski definition) is 0. The molecule has 0 fully saturated rings. The van der Waals surface area contributed by atoms with Crippen LogP contribution in [0.15, 0.2) is 60.1 Å². The zero-order valence-electron chi connectivity index (χ0n) is 16.7. The van der Waals surface area contributed by atoms with Crippen LogP contribution < -0.4 is 0 Å². The molecule has 2 heterocycles. The Hall–Kier alpha value is -2.97. The number of alkyl halides is 3. The molecular formula is C22H19ClF3N5. The average Bonchev–Trinajstić information content (AvgIpc) is 3.03. The average molecular weight is 446 g/mol. The van der Waals surface area contributed by atoms with Crippen LogP contribution in [-0.2, 0) is 19.3 Å². The van der Waals surface area contributed by atoms with Crippen LogP contribution in [0.3, 0.4) is 0 Å². The highest BCUT2D eigenvalue weighted by Crippen LogP contribution is 2.35. The summed E-state index contributed by atoms with van der Waals surface area (Å²) in [5.41, 5.74) is 1.06. The van der Waals surface area contributed by atoms with Crippen LogP contribution in [0.5, 0.6) is 0 Å². The van der Waals surface area contributed by atoms with E-state index in [0.29, 0.717) is 52.3 Å². The van der Waals surface area contributed by atoms with E-state index < -0.39 is 11.7 Å². The summed E-state index contributed by atoms with van der Waals surface area (Å²) >= 11 is 6.37. The van der Waals surface area contributed by atoms with Crippen LogP contribution in [0.1, 0.15) is 28.3 Å². The van der Waals surface area contributed by atoms with Gasteiger partial charge in [-0.2, -0.15) is 13.2 Å². The molecule has 3 aromatic rings. The Bertz CT molecular complexity index is 1170. The van der Waals surface area contributed by atoms with Crippen molar-refractivity contribution in [3.63, 3.8) is 0 Å². The van der Waals surface area contributed by atoms with E-state index in [1.807, 2.05) is 11.9 Å². The van der Waals surface area contributed by atoms with Gasteiger partial charge in [0, 0.05) is 22.7 Å². The van der Waals surface area contributed by atoms with E-state index in [9.17, 15) is 13.2 Å². The number of nitrogens with zero attached hydrogens (tertiary/aromatic N) is 5. The predicted molar refractivity (Wildman–Crippen MR) is 114 cm³/mol. The van der Waals surface area contributed by atoms with E-state index in [0.717, 1.165) is 12.1 Å². The lowest BCUT2D eigenvalue weighted by atomic mass is 9.98. The molecule has 0 N–H and O–H groups in total. The number of rotatable bonds is 5. The first-order chi connectivity index (χ1) is 14.8. The minimum Gasteiger partial charge on any atom is -0.295 e. The lowest BCUT2D eigenvalue weighted by Crippen LogP contribution is -2.21. The Kier molecular flexibility index (Phi) is 5.68. The molecule has 0 amide bonds. The van der Waals surface area contributed by atoms with E-state index in [4.69, 9.17) is 11.6 Å². The highest BCUT2D eigenvalue weighted by Gasteiger charge is 2.33. The van der Waals surface area contributed by atoms with Gasteiger partial charge in [0.1, 0.15) is 6.54 Å². The molecule has 0 radical (unpaired) electrons. The molecule has 5 nitrogen and oxygen atoms in total. The molecular weight excluding hydrogens is 427 g/mol. The molecule has 31 heavy (non-hydrogen) atoms. The number of aromatic nitrogens is 3. The van der Waals surface area contributed by atoms with Crippen molar-refractivity contribution >= 4 is 17.3 Å². The minimum absolute atomic E-state index is 0.161. The summed E-state index contributed by atoms with van der Waals surface area (Å²) in [6, 6.07) is 10.6. The number of halogens is 4. The van der Waals surface area contributed by atoms with Gasteiger partial charge < -0.3 is 0 Å². The number of hydrogen-bond acceptors (Lipinski definition) is 4. The summed E-state index contributed by atoms with van der Waals surface area (Å²) in [4.78, 5) is 6.58. The van der Waals surface area contributed by atoms with Crippen molar-refractivity contribution < 1.29 is 13.2 Å². The van der Waals surface area contributed by atoms with Gasteiger partial charge in [0.15, 0.2) is 11.6 Å². The van der Waals surface area contributed by atoms with Gasteiger partial charge in [0.25, 0.3) is 0 Å². The van der Waals surface area contributed by atoms with Crippen molar-refractivity contribution in [3.8, 4) is 5.69 Å². The first kappa shape index (κ1) is 21.3. The zero-order valence-corrected chi connectivity index (χ0v) is 17.5. The van der Waals surface area contributed by atoms with Crippen molar-refractivity contribution in [2.24, 2.45) is 4.99 Å². The molecule has 1 aliphatic heterocycles. The van der Waals surface area contributed by atoms with Crippen LogP contribution in [-0.4, -0.2) is 39.0 Å². The van der Waals surface area contributed by atoms with E-state index in [2.05, 4.69) is 21.8 Å². The van der Waals surface area contributed by atoms with Gasteiger partial charge >= 0.3 is 6.18 Å².